The van der Waals surface area contributed by atoms with E-state index in [-0.39, 0.29) is 0 Å². The molecule has 0 fully saturated rings. The van der Waals surface area contributed by atoms with Crippen LogP contribution in [-0.2, 0) is 0 Å². The molecule has 0 aliphatic rings. The SMILES string of the molecule is c1ccc(-n2c3ccccc3c3c4ccccc4n(-c4ccccc4-c4ccccc4-n4c5ccccc5c5ccccc54)c32)cc1. The average Bonchev–Trinajstić information content (AvgIpc) is 3.78. The van der Waals surface area contributed by atoms with Gasteiger partial charge in [-0.25, -0.2) is 0 Å². The smallest absolute Gasteiger partial charge is 0.131 e. The number of benzene rings is 7. The summed E-state index contributed by atoms with van der Waals surface area (Å²) in [6, 6.07) is 63.6. The molecule has 0 saturated heterocycles. The fourth-order valence-electron chi connectivity index (χ4n) is 7.75. The van der Waals surface area contributed by atoms with E-state index in [1.54, 1.807) is 0 Å². The maximum atomic E-state index is 2.48. The van der Waals surface area contributed by atoms with Crippen LogP contribution >= 0.6 is 0 Å². The summed E-state index contributed by atoms with van der Waals surface area (Å²) in [5.74, 6) is 0. The van der Waals surface area contributed by atoms with Gasteiger partial charge in [0.25, 0.3) is 0 Å². The summed E-state index contributed by atoms with van der Waals surface area (Å²) in [6.07, 6.45) is 0. The van der Waals surface area contributed by atoms with Gasteiger partial charge >= 0.3 is 0 Å². The minimum Gasteiger partial charge on any atom is -0.309 e. The second-order valence-electron chi connectivity index (χ2n) is 12.1. The Hall–Kier alpha value is -6.32. The summed E-state index contributed by atoms with van der Waals surface area (Å²) < 4.78 is 7.34. The van der Waals surface area contributed by atoms with Crippen LogP contribution in [0.1, 0.15) is 0 Å². The first-order chi connectivity index (χ1) is 23.4. The summed E-state index contributed by atoms with van der Waals surface area (Å²) >= 11 is 0. The van der Waals surface area contributed by atoms with Gasteiger partial charge in [0.2, 0.25) is 0 Å². The molecule has 7 aromatic carbocycles. The maximum Gasteiger partial charge on any atom is 0.131 e. The Kier molecular flexibility index (Phi) is 5.57. The Morgan fingerprint density at radius 3 is 1.21 bits per heavy atom. The maximum absolute atomic E-state index is 2.48. The number of hydrogen-bond donors (Lipinski definition) is 0. The van der Waals surface area contributed by atoms with E-state index in [9.17, 15) is 0 Å². The van der Waals surface area contributed by atoms with Crippen LogP contribution in [0, 0.1) is 0 Å². The molecule has 0 radical (unpaired) electrons. The van der Waals surface area contributed by atoms with Crippen LogP contribution in [0.2, 0.25) is 0 Å². The number of para-hydroxylation sites is 7. The molecule has 0 N–H and O–H groups in total. The minimum atomic E-state index is 1.14. The number of aromatic nitrogens is 3. The third-order valence-corrected chi connectivity index (χ3v) is 9.65. The highest BCUT2D eigenvalue weighted by Crippen LogP contribution is 2.44. The van der Waals surface area contributed by atoms with Gasteiger partial charge in [0.15, 0.2) is 0 Å². The molecule has 220 valence electrons. The van der Waals surface area contributed by atoms with Crippen LogP contribution in [0.4, 0.5) is 0 Å². The molecule has 3 nitrogen and oxygen atoms in total. The third-order valence-electron chi connectivity index (χ3n) is 9.65. The van der Waals surface area contributed by atoms with Crippen LogP contribution in [-0.4, -0.2) is 13.7 Å². The molecule has 10 aromatic rings. The van der Waals surface area contributed by atoms with Crippen LogP contribution in [0.5, 0.6) is 0 Å². The molecule has 0 atom stereocenters. The summed E-state index contributed by atoms with van der Waals surface area (Å²) in [5, 5.41) is 6.29. The van der Waals surface area contributed by atoms with Gasteiger partial charge in [-0.2, -0.15) is 0 Å². The fourth-order valence-corrected chi connectivity index (χ4v) is 7.75. The van der Waals surface area contributed by atoms with Gasteiger partial charge in [-0.3, -0.25) is 9.13 Å². The number of hydrogen-bond acceptors (Lipinski definition) is 0. The fraction of sp³-hybridized carbons (Fsp3) is 0. The van der Waals surface area contributed by atoms with Crippen LogP contribution < -0.4 is 0 Å². The Morgan fingerprint density at radius 1 is 0.277 bits per heavy atom. The molecule has 0 spiro atoms. The van der Waals surface area contributed by atoms with Crippen molar-refractivity contribution < 1.29 is 0 Å². The van der Waals surface area contributed by atoms with E-state index in [1.807, 2.05) is 0 Å². The van der Waals surface area contributed by atoms with Gasteiger partial charge in [0, 0.05) is 43.7 Å². The van der Waals surface area contributed by atoms with E-state index < -0.39 is 0 Å². The Bertz CT molecular complexity index is 2740. The standard InChI is InChI=1S/C44H29N3/c1-2-16-30(17-3-1)45-41-28-14-8-22-35(41)43-36-23-9-15-29-42(36)47(44(43)45)40-27-13-7-21-34(40)33-20-6-12-26-39(33)46-37-24-10-4-18-31(37)32-19-5-11-25-38(32)46/h1-29H. The van der Waals surface area contributed by atoms with E-state index in [1.165, 1.54) is 65.8 Å². The van der Waals surface area contributed by atoms with Crippen molar-refractivity contribution in [3.8, 4) is 28.2 Å². The predicted octanol–water partition coefficient (Wildman–Crippen LogP) is 11.5. The highest BCUT2D eigenvalue weighted by molar-refractivity contribution is 6.22. The zero-order valence-corrected chi connectivity index (χ0v) is 25.6. The molecule has 47 heavy (non-hydrogen) atoms. The van der Waals surface area contributed by atoms with Gasteiger partial charge < -0.3 is 4.57 Å². The first kappa shape index (κ1) is 26.0. The van der Waals surface area contributed by atoms with Gasteiger partial charge in [-0.1, -0.05) is 127 Å². The minimum absolute atomic E-state index is 1.14. The van der Waals surface area contributed by atoms with Crippen LogP contribution in [0.15, 0.2) is 176 Å². The predicted molar refractivity (Wildman–Crippen MR) is 197 cm³/mol. The molecule has 0 aliphatic carbocycles. The summed E-state index contributed by atoms with van der Waals surface area (Å²) in [5.41, 5.74) is 11.8. The van der Waals surface area contributed by atoms with Crippen molar-refractivity contribution >= 4 is 54.6 Å². The lowest BCUT2D eigenvalue weighted by atomic mass is 10.0. The second-order valence-corrected chi connectivity index (χ2v) is 12.1. The third kappa shape index (κ3) is 3.68. The summed E-state index contributed by atoms with van der Waals surface area (Å²) in [4.78, 5) is 0. The lowest BCUT2D eigenvalue weighted by molar-refractivity contribution is 1.07. The van der Waals surface area contributed by atoms with Gasteiger partial charge in [0.1, 0.15) is 5.65 Å². The van der Waals surface area contributed by atoms with Crippen LogP contribution in [0.3, 0.4) is 0 Å². The van der Waals surface area contributed by atoms with Gasteiger partial charge in [-0.05, 0) is 48.5 Å². The lowest BCUT2D eigenvalue weighted by Gasteiger charge is -2.19. The summed E-state index contributed by atoms with van der Waals surface area (Å²) in [7, 11) is 0. The largest absolute Gasteiger partial charge is 0.309 e. The molecule has 0 aliphatic heterocycles. The van der Waals surface area contributed by atoms with E-state index >= 15 is 0 Å². The van der Waals surface area contributed by atoms with Gasteiger partial charge in [0.05, 0.1) is 33.4 Å². The first-order valence-electron chi connectivity index (χ1n) is 16.1. The van der Waals surface area contributed by atoms with Crippen molar-refractivity contribution in [2.24, 2.45) is 0 Å². The van der Waals surface area contributed by atoms with Crippen LogP contribution in [0.25, 0.3) is 82.8 Å². The number of nitrogens with zero attached hydrogens (tertiary/aromatic N) is 3. The van der Waals surface area contributed by atoms with Crippen molar-refractivity contribution in [3.63, 3.8) is 0 Å². The van der Waals surface area contributed by atoms with E-state index in [2.05, 4.69) is 190 Å². The van der Waals surface area contributed by atoms with Crippen molar-refractivity contribution in [1.82, 2.24) is 13.7 Å². The summed E-state index contributed by atoms with van der Waals surface area (Å²) in [6.45, 7) is 0. The molecule has 0 amide bonds. The topological polar surface area (TPSA) is 14.8 Å². The lowest BCUT2D eigenvalue weighted by Crippen LogP contribution is -2.04. The van der Waals surface area contributed by atoms with Crippen molar-refractivity contribution in [3.05, 3.63) is 176 Å². The molecule has 10 rings (SSSR count). The van der Waals surface area contributed by atoms with E-state index in [0.717, 1.165) is 17.1 Å². The molecule has 3 heterocycles. The highest BCUT2D eigenvalue weighted by Gasteiger charge is 2.24. The molecule has 3 aromatic heterocycles. The molecular formula is C44H29N3. The first-order valence-corrected chi connectivity index (χ1v) is 16.1. The Labute approximate surface area is 271 Å². The molecule has 0 unspecified atom stereocenters. The average molecular weight is 600 g/mol. The molecule has 0 saturated carbocycles. The van der Waals surface area contributed by atoms with E-state index in [0.29, 0.717) is 0 Å². The quantitative estimate of drug-likeness (QED) is 0.191. The second kappa shape index (κ2) is 10.1. The Morgan fingerprint density at radius 2 is 0.660 bits per heavy atom. The van der Waals surface area contributed by atoms with Crippen molar-refractivity contribution in [1.29, 1.82) is 0 Å². The highest BCUT2D eigenvalue weighted by atomic mass is 15.1. The number of rotatable bonds is 4. The van der Waals surface area contributed by atoms with E-state index in [4.69, 9.17) is 0 Å². The zero-order valence-electron chi connectivity index (χ0n) is 25.6. The monoisotopic (exact) mass is 599 g/mol. The molecular weight excluding hydrogens is 571 g/mol. The van der Waals surface area contributed by atoms with Crippen molar-refractivity contribution in [2.75, 3.05) is 0 Å². The number of fused-ring (bicyclic) bond motifs is 8. The molecule has 0 bridgehead atoms. The van der Waals surface area contributed by atoms with Gasteiger partial charge in [-0.15, -0.1) is 0 Å². The molecule has 3 heteroatoms. The zero-order chi connectivity index (χ0) is 30.9. The normalized spacial score (nSPS) is 11.8. The Balaban J connectivity index is 1.34. The van der Waals surface area contributed by atoms with Crippen molar-refractivity contribution in [2.45, 2.75) is 0 Å².